The van der Waals surface area contributed by atoms with E-state index in [-0.39, 0.29) is 11.8 Å². The number of nitrogens with zero attached hydrogens (tertiary/aromatic N) is 1. The largest absolute Gasteiger partial charge is 0.336 e. The molecule has 134 valence electrons. The number of fused-ring (bicyclic) bond motifs is 2. The number of hydrogen-bond acceptors (Lipinski definition) is 2. The zero-order chi connectivity index (χ0) is 18.2. The first-order chi connectivity index (χ1) is 13.3. The second-order valence-corrected chi connectivity index (χ2v) is 7.63. The number of Topliss-reactive ketones (excluding diaryl/α,β-unsaturated/α-hetero) is 1. The Kier molecular flexibility index (Phi) is 4.05. The third-order valence-electron chi connectivity index (χ3n) is 6.06. The van der Waals surface area contributed by atoms with Crippen LogP contribution < -0.4 is 4.90 Å². The highest BCUT2D eigenvalue weighted by atomic mass is 16.1. The van der Waals surface area contributed by atoms with Crippen molar-refractivity contribution in [1.29, 1.82) is 0 Å². The van der Waals surface area contributed by atoms with E-state index in [9.17, 15) is 4.79 Å². The molecule has 0 saturated heterocycles. The lowest BCUT2D eigenvalue weighted by Gasteiger charge is -2.39. The Labute approximate surface area is 160 Å². The molecule has 1 atom stereocenters. The first kappa shape index (κ1) is 16.3. The van der Waals surface area contributed by atoms with Gasteiger partial charge in [0, 0.05) is 36.2 Å². The molecule has 0 N–H and O–H groups in total. The lowest BCUT2D eigenvalue weighted by atomic mass is 9.75. The van der Waals surface area contributed by atoms with Gasteiger partial charge in [-0.25, -0.2) is 0 Å². The molecule has 0 bridgehead atoms. The van der Waals surface area contributed by atoms with Gasteiger partial charge in [-0.05, 0) is 41.7 Å². The van der Waals surface area contributed by atoms with Crippen LogP contribution in [0, 0.1) is 5.92 Å². The standard InChI is InChI=1S/C25H23NO/c27-24-16-8-13-21(24)25-19-11-4-6-14-22(19)26(17-18-9-2-1-3-10-18)23-15-7-5-12-20(23)25/h1-7,9-12,14-15,21,25H,8,13,16-17H2. The molecular weight excluding hydrogens is 330 g/mol. The number of benzene rings is 3. The summed E-state index contributed by atoms with van der Waals surface area (Å²) in [7, 11) is 0. The van der Waals surface area contributed by atoms with E-state index >= 15 is 0 Å². The summed E-state index contributed by atoms with van der Waals surface area (Å²) in [4.78, 5) is 15.1. The molecule has 5 rings (SSSR count). The van der Waals surface area contributed by atoms with Crippen molar-refractivity contribution in [3.05, 3.63) is 95.6 Å². The maximum atomic E-state index is 12.7. The van der Waals surface area contributed by atoms with Gasteiger partial charge in [-0.3, -0.25) is 4.79 Å². The van der Waals surface area contributed by atoms with Crippen LogP contribution >= 0.6 is 0 Å². The second kappa shape index (κ2) is 6.70. The minimum Gasteiger partial charge on any atom is -0.336 e. The van der Waals surface area contributed by atoms with Crippen LogP contribution in [0.4, 0.5) is 11.4 Å². The number of ketones is 1. The monoisotopic (exact) mass is 353 g/mol. The van der Waals surface area contributed by atoms with E-state index in [1.54, 1.807) is 0 Å². The van der Waals surface area contributed by atoms with Gasteiger partial charge in [-0.2, -0.15) is 0 Å². The summed E-state index contributed by atoms with van der Waals surface area (Å²) >= 11 is 0. The molecule has 0 spiro atoms. The third kappa shape index (κ3) is 2.76. The van der Waals surface area contributed by atoms with Gasteiger partial charge in [0.2, 0.25) is 0 Å². The fourth-order valence-electron chi connectivity index (χ4n) is 4.85. The van der Waals surface area contributed by atoms with Gasteiger partial charge in [0.1, 0.15) is 5.78 Å². The van der Waals surface area contributed by atoms with Gasteiger partial charge < -0.3 is 4.90 Å². The van der Waals surface area contributed by atoms with Gasteiger partial charge in [0.15, 0.2) is 0 Å². The summed E-state index contributed by atoms with van der Waals surface area (Å²) in [5.41, 5.74) is 6.37. The topological polar surface area (TPSA) is 20.3 Å². The smallest absolute Gasteiger partial charge is 0.136 e. The van der Waals surface area contributed by atoms with E-state index in [0.29, 0.717) is 5.78 Å². The lowest BCUT2D eigenvalue weighted by molar-refractivity contribution is -0.121. The average Bonchev–Trinajstić information content (AvgIpc) is 3.14. The predicted octanol–water partition coefficient (Wildman–Crippen LogP) is 5.84. The van der Waals surface area contributed by atoms with Crippen molar-refractivity contribution in [1.82, 2.24) is 0 Å². The van der Waals surface area contributed by atoms with Crippen LogP contribution in [0.25, 0.3) is 0 Å². The van der Waals surface area contributed by atoms with Gasteiger partial charge in [0.05, 0.1) is 0 Å². The molecule has 0 aromatic heterocycles. The fourth-order valence-corrected chi connectivity index (χ4v) is 4.85. The Morgan fingerprint density at radius 3 is 1.96 bits per heavy atom. The molecule has 27 heavy (non-hydrogen) atoms. The zero-order valence-electron chi connectivity index (χ0n) is 15.3. The van der Waals surface area contributed by atoms with Crippen molar-refractivity contribution in [2.45, 2.75) is 31.7 Å². The third-order valence-corrected chi connectivity index (χ3v) is 6.06. The number of rotatable bonds is 3. The summed E-state index contributed by atoms with van der Waals surface area (Å²) in [5, 5.41) is 0. The Morgan fingerprint density at radius 1 is 0.778 bits per heavy atom. The van der Waals surface area contributed by atoms with Crippen molar-refractivity contribution in [3.63, 3.8) is 0 Å². The Hall–Kier alpha value is -2.87. The van der Waals surface area contributed by atoms with Crippen LogP contribution in [0.3, 0.4) is 0 Å². The van der Waals surface area contributed by atoms with Crippen molar-refractivity contribution in [2.75, 3.05) is 4.90 Å². The van der Waals surface area contributed by atoms with Crippen LogP contribution in [-0.4, -0.2) is 5.78 Å². The van der Waals surface area contributed by atoms with E-state index in [1.165, 1.54) is 28.1 Å². The molecular formula is C25H23NO. The molecule has 1 aliphatic heterocycles. The summed E-state index contributed by atoms with van der Waals surface area (Å²) < 4.78 is 0. The Bertz CT molecular complexity index is 931. The molecule has 1 heterocycles. The van der Waals surface area contributed by atoms with Gasteiger partial charge in [-0.1, -0.05) is 66.7 Å². The van der Waals surface area contributed by atoms with Crippen LogP contribution in [0.2, 0.25) is 0 Å². The predicted molar refractivity (Wildman–Crippen MR) is 109 cm³/mol. The molecule has 1 fully saturated rings. The fraction of sp³-hybridized carbons (Fsp3) is 0.240. The second-order valence-electron chi connectivity index (χ2n) is 7.63. The SMILES string of the molecule is O=C1CCCC1C1c2ccccc2N(Cc2ccccc2)c2ccccc21. The highest BCUT2D eigenvalue weighted by Gasteiger charge is 2.39. The quantitative estimate of drug-likeness (QED) is 0.589. The zero-order valence-corrected chi connectivity index (χ0v) is 15.3. The van der Waals surface area contributed by atoms with Crippen molar-refractivity contribution >= 4 is 17.2 Å². The number of para-hydroxylation sites is 2. The van der Waals surface area contributed by atoms with Crippen LogP contribution in [0.15, 0.2) is 78.9 Å². The molecule has 0 amide bonds. The highest BCUT2D eigenvalue weighted by molar-refractivity contribution is 5.87. The van der Waals surface area contributed by atoms with Crippen molar-refractivity contribution < 1.29 is 4.79 Å². The van der Waals surface area contributed by atoms with E-state index in [4.69, 9.17) is 0 Å². The maximum absolute atomic E-state index is 12.7. The Morgan fingerprint density at radius 2 is 1.37 bits per heavy atom. The van der Waals surface area contributed by atoms with E-state index in [2.05, 4.69) is 83.8 Å². The average molecular weight is 353 g/mol. The van der Waals surface area contributed by atoms with E-state index in [0.717, 1.165) is 25.8 Å². The van der Waals surface area contributed by atoms with Gasteiger partial charge in [-0.15, -0.1) is 0 Å². The van der Waals surface area contributed by atoms with Crippen LogP contribution in [0.1, 0.15) is 41.9 Å². The highest BCUT2D eigenvalue weighted by Crippen LogP contribution is 2.51. The number of hydrogen-bond donors (Lipinski definition) is 0. The summed E-state index contributed by atoms with van der Waals surface area (Å²) in [6.07, 6.45) is 2.77. The van der Waals surface area contributed by atoms with E-state index in [1.807, 2.05) is 0 Å². The van der Waals surface area contributed by atoms with E-state index < -0.39 is 0 Å². The summed E-state index contributed by atoms with van der Waals surface area (Å²) in [6, 6.07) is 27.9. The minimum absolute atomic E-state index is 0.117. The maximum Gasteiger partial charge on any atom is 0.136 e. The minimum atomic E-state index is 0.117. The molecule has 0 radical (unpaired) electrons. The van der Waals surface area contributed by atoms with Crippen molar-refractivity contribution in [2.24, 2.45) is 5.92 Å². The van der Waals surface area contributed by atoms with Crippen LogP contribution in [-0.2, 0) is 11.3 Å². The first-order valence-electron chi connectivity index (χ1n) is 9.85. The van der Waals surface area contributed by atoms with Crippen molar-refractivity contribution in [3.8, 4) is 0 Å². The van der Waals surface area contributed by atoms with Gasteiger partial charge in [0.25, 0.3) is 0 Å². The number of carbonyl (C=O) groups excluding carboxylic acids is 1. The first-order valence-corrected chi connectivity index (χ1v) is 9.85. The number of anilines is 2. The molecule has 1 saturated carbocycles. The normalized spacial score (nSPS) is 19.0. The van der Waals surface area contributed by atoms with Crippen LogP contribution in [0.5, 0.6) is 0 Å². The molecule has 3 aromatic rings. The molecule has 2 aliphatic rings. The lowest BCUT2D eigenvalue weighted by Crippen LogP contribution is -2.29. The Balaban J connectivity index is 1.66. The number of carbonyl (C=O) groups is 1. The molecule has 2 nitrogen and oxygen atoms in total. The molecule has 1 aliphatic carbocycles. The molecule has 3 aromatic carbocycles. The summed E-state index contributed by atoms with van der Waals surface area (Å²) in [6.45, 7) is 0.834. The molecule has 2 heteroatoms. The summed E-state index contributed by atoms with van der Waals surface area (Å²) in [5.74, 6) is 0.728. The molecule has 1 unspecified atom stereocenters. The van der Waals surface area contributed by atoms with Gasteiger partial charge >= 0.3 is 0 Å².